The summed E-state index contributed by atoms with van der Waals surface area (Å²) in [4.78, 5) is 24.0. The third kappa shape index (κ3) is 3.69. The minimum absolute atomic E-state index is 0.0477. The average Bonchev–Trinajstić information content (AvgIpc) is 3.15. The molecule has 0 saturated heterocycles. The second kappa shape index (κ2) is 6.76. The highest BCUT2D eigenvalue weighted by molar-refractivity contribution is 7.89. The van der Waals surface area contributed by atoms with Gasteiger partial charge < -0.3 is 10.4 Å². The second-order valence-electron chi connectivity index (χ2n) is 6.95. The predicted molar refractivity (Wildman–Crippen MR) is 90.0 cm³/mol. The molecule has 0 spiro atoms. The van der Waals surface area contributed by atoms with Crippen molar-refractivity contribution in [1.29, 1.82) is 0 Å². The molecule has 4 atom stereocenters. The first-order valence-corrected chi connectivity index (χ1v) is 9.94. The van der Waals surface area contributed by atoms with Crippen molar-refractivity contribution in [2.75, 3.05) is 6.54 Å². The largest absolute Gasteiger partial charge is 0.481 e. The number of benzene rings is 1. The van der Waals surface area contributed by atoms with Gasteiger partial charge in [-0.25, -0.2) is 13.6 Å². The van der Waals surface area contributed by atoms with Gasteiger partial charge in [0.15, 0.2) is 0 Å². The molecule has 3 rings (SSSR count). The van der Waals surface area contributed by atoms with Gasteiger partial charge in [0.1, 0.15) is 0 Å². The molecule has 25 heavy (non-hydrogen) atoms. The van der Waals surface area contributed by atoms with Crippen LogP contribution in [0.2, 0.25) is 0 Å². The summed E-state index contributed by atoms with van der Waals surface area (Å²) in [5, 5.41) is 17.3. The van der Waals surface area contributed by atoms with Crippen molar-refractivity contribution in [2.24, 2.45) is 28.8 Å². The number of nitrogens with two attached hydrogens (primary N) is 1. The summed E-state index contributed by atoms with van der Waals surface area (Å²) < 4.78 is 22.4. The Morgan fingerprint density at radius 3 is 2.28 bits per heavy atom. The van der Waals surface area contributed by atoms with E-state index in [1.165, 1.54) is 12.1 Å². The molecule has 0 heterocycles. The molecule has 8 heteroatoms. The molecule has 0 aromatic heterocycles. The summed E-state index contributed by atoms with van der Waals surface area (Å²) in [6.45, 7) is 0.383. The van der Waals surface area contributed by atoms with Crippen molar-refractivity contribution in [3.8, 4) is 0 Å². The minimum atomic E-state index is -3.71. The third-order valence-corrected chi connectivity index (χ3v) is 6.40. The van der Waals surface area contributed by atoms with E-state index < -0.39 is 27.8 Å². The number of primary sulfonamides is 1. The molecular formula is C17H22N2O5S. The Morgan fingerprint density at radius 2 is 1.72 bits per heavy atom. The van der Waals surface area contributed by atoms with Crippen LogP contribution in [0.25, 0.3) is 0 Å². The van der Waals surface area contributed by atoms with E-state index in [4.69, 9.17) is 5.14 Å². The molecule has 4 unspecified atom stereocenters. The number of hydrogen-bond donors (Lipinski definition) is 3. The molecule has 2 aliphatic carbocycles. The lowest BCUT2D eigenvalue weighted by atomic mass is 9.78. The van der Waals surface area contributed by atoms with Gasteiger partial charge >= 0.3 is 5.97 Å². The topological polar surface area (TPSA) is 127 Å². The lowest BCUT2D eigenvalue weighted by Crippen LogP contribution is -2.41. The first-order valence-electron chi connectivity index (χ1n) is 8.39. The van der Waals surface area contributed by atoms with Gasteiger partial charge in [-0.3, -0.25) is 9.59 Å². The van der Waals surface area contributed by atoms with Crippen LogP contribution >= 0.6 is 0 Å². The van der Waals surface area contributed by atoms with E-state index in [1.54, 1.807) is 12.1 Å². The average molecular weight is 366 g/mol. The van der Waals surface area contributed by atoms with Crippen molar-refractivity contribution >= 4 is 21.9 Å². The molecular weight excluding hydrogens is 344 g/mol. The number of aliphatic carboxylic acids is 1. The van der Waals surface area contributed by atoms with Crippen LogP contribution in [0.3, 0.4) is 0 Å². The van der Waals surface area contributed by atoms with E-state index in [0.717, 1.165) is 24.8 Å². The number of carboxylic acids is 1. The van der Waals surface area contributed by atoms with E-state index in [0.29, 0.717) is 13.0 Å². The lowest BCUT2D eigenvalue weighted by molar-refractivity contribution is -0.149. The monoisotopic (exact) mass is 366 g/mol. The molecule has 1 aromatic carbocycles. The van der Waals surface area contributed by atoms with Crippen molar-refractivity contribution in [2.45, 2.75) is 30.6 Å². The third-order valence-electron chi connectivity index (χ3n) is 5.47. The molecule has 0 aliphatic heterocycles. The quantitative estimate of drug-likeness (QED) is 0.684. The summed E-state index contributed by atoms with van der Waals surface area (Å²) in [6, 6.07) is 6.18. The van der Waals surface area contributed by atoms with E-state index in [9.17, 15) is 23.1 Å². The summed E-state index contributed by atoms with van der Waals surface area (Å²) >= 11 is 0. The van der Waals surface area contributed by atoms with Crippen molar-refractivity contribution < 1.29 is 23.1 Å². The van der Waals surface area contributed by atoms with Crippen molar-refractivity contribution in [3.63, 3.8) is 0 Å². The number of rotatable bonds is 6. The van der Waals surface area contributed by atoms with Crippen LogP contribution in [-0.2, 0) is 26.0 Å². The van der Waals surface area contributed by atoms with E-state index in [1.807, 2.05) is 0 Å². The first-order chi connectivity index (χ1) is 11.8. The molecule has 1 aromatic rings. The molecule has 4 N–H and O–H groups in total. The predicted octanol–water partition coefficient (Wildman–Crippen LogP) is 0.740. The highest BCUT2D eigenvalue weighted by Gasteiger charge is 2.53. The molecule has 1 amide bonds. The number of fused-ring (bicyclic) bond motifs is 2. The number of amides is 1. The maximum Gasteiger partial charge on any atom is 0.307 e. The van der Waals surface area contributed by atoms with E-state index >= 15 is 0 Å². The van der Waals surface area contributed by atoms with Gasteiger partial charge in [-0.15, -0.1) is 0 Å². The summed E-state index contributed by atoms with van der Waals surface area (Å²) in [5.41, 5.74) is 0.871. The van der Waals surface area contributed by atoms with Gasteiger partial charge in [0.05, 0.1) is 16.7 Å². The van der Waals surface area contributed by atoms with Gasteiger partial charge in [0.2, 0.25) is 15.9 Å². The zero-order valence-corrected chi connectivity index (χ0v) is 14.5. The van der Waals surface area contributed by atoms with Crippen LogP contribution in [-0.4, -0.2) is 31.9 Å². The van der Waals surface area contributed by atoms with Crippen LogP contribution in [0.1, 0.15) is 24.8 Å². The fraction of sp³-hybridized carbons (Fsp3) is 0.529. The molecule has 7 nitrogen and oxygen atoms in total. The highest BCUT2D eigenvalue weighted by atomic mass is 32.2. The lowest BCUT2D eigenvalue weighted by Gasteiger charge is -2.27. The number of carbonyl (C=O) groups excluding carboxylic acids is 1. The zero-order chi connectivity index (χ0) is 18.2. The molecule has 0 radical (unpaired) electrons. The molecule has 2 aliphatic rings. The standard InChI is InChI=1S/C17H22N2O5S/c18-25(23,24)13-5-1-10(2-6-13)7-8-19-16(20)14-11-3-4-12(9-11)15(14)17(21)22/h1-2,5-6,11-12,14-15H,3-4,7-9H2,(H,19,20)(H,21,22)(H2,18,23,24). The van der Waals surface area contributed by atoms with Crippen molar-refractivity contribution in [3.05, 3.63) is 29.8 Å². The number of sulfonamides is 1. The fourth-order valence-corrected chi connectivity index (χ4v) is 4.83. The summed E-state index contributed by atoms with van der Waals surface area (Å²) in [7, 11) is -3.71. The van der Waals surface area contributed by atoms with Crippen LogP contribution < -0.4 is 10.5 Å². The molecule has 136 valence electrons. The maximum absolute atomic E-state index is 12.5. The Morgan fingerprint density at radius 1 is 1.12 bits per heavy atom. The summed E-state index contributed by atoms with van der Waals surface area (Å²) in [5.74, 6) is -1.73. The number of nitrogens with one attached hydrogen (secondary N) is 1. The van der Waals surface area contributed by atoms with Crippen LogP contribution in [0.15, 0.2) is 29.2 Å². The Balaban J connectivity index is 1.55. The Labute approximate surface area is 146 Å². The van der Waals surface area contributed by atoms with Gasteiger partial charge in [-0.2, -0.15) is 0 Å². The Bertz CT molecular complexity index is 775. The van der Waals surface area contributed by atoms with Crippen LogP contribution in [0.4, 0.5) is 0 Å². The smallest absolute Gasteiger partial charge is 0.307 e. The van der Waals surface area contributed by atoms with E-state index in [2.05, 4.69) is 5.32 Å². The van der Waals surface area contributed by atoms with Crippen LogP contribution in [0.5, 0.6) is 0 Å². The number of hydrogen-bond acceptors (Lipinski definition) is 4. The molecule has 2 saturated carbocycles. The van der Waals surface area contributed by atoms with Crippen LogP contribution in [0, 0.1) is 23.7 Å². The van der Waals surface area contributed by atoms with Gasteiger partial charge in [-0.1, -0.05) is 12.1 Å². The Hall–Kier alpha value is -1.93. The fourth-order valence-electron chi connectivity index (χ4n) is 4.32. The number of carboxylic acid groups (broad SMARTS) is 1. The number of carbonyl (C=O) groups is 2. The normalized spacial score (nSPS) is 28.0. The molecule has 2 bridgehead atoms. The second-order valence-corrected chi connectivity index (χ2v) is 8.51. The van der Waals surface area contributed by atoms with Crippen molar-refractivity contribution in [1.82, 2.24) is 5.32 Å². The van der Waals surface area contributed by atoms with Gasteiger partial charge in [0.25, 0.3) is 0 Å². The van der Waals surface area contributed by atoms with Gasteiger partial charge in [-0.05, 0) is 55.2 Å². The van der Waals surface area contributed by atoms with Gasteiger partial charge in [0, 0.05) is 6.54 Å². The maximum atomic E-state index is 12.5. The first kappa shape index (κ1) is 17.9. The Kier molecular flexibility index (Phi) is 4.83. The SMILES string of the molecule is NS(=O)(=O)c1ccc(CCNC(=O)C2C3CCC(C3)C2C(=O)O)cc1. The zero-order valence-electron chi connectivity index (χ0n) is 13.7. The highest BCUT2D eigenvalue weighted by Crippen LogP contribution is 2.52. The minimum Gasteiger partial charge on any atom is -0.481 e. The summed E-state index contributed by atoms with van der Waals surface area (Å²) in [6.07, 6.45) is 3.21. The molecule has 2 fully saturated rings. The van der Waals surface area contributed by atoms with E-state index in [-0.39, 0.29) is 22.6 Å².